The molecule has 3 aliphatic rings. The second-order valence-corrected chi connectivity index (χ2v) is 8.38. The summed E-state index contributed by atoms with van der Waals surface area (Å²) < 4.78 is 5.38. The number of ether oxygens (including phenoxy) is 1. The van der Waals surface area contributed by atoms with Gasteiger partial charge in [0.1, 0.15) is 0 Å². The molecule has 3 atom stereocenters. The van der Waals surface area contributed by atoms with Crippen molar-refractivity contribution in [1.29, 1.82) is 0 Å². The molecule has 3 heterocycles. The molecule has 3 unspecified atom stereocenters. The van der Waals surface area contributed by atoms with Crippen molar-refractivity contribution in [3.05, 3.63) is 30.3 Å². The van der Waals surface area contributed by atoms with Crippen molar-refractivity contribution in [3.8, 4) is 0 Å². The van der Waals surface area contributed by atoms with Crippen LogP contribution in [0.15, 0.2) is 30.3 Å². The van der Waals surface area contributed by atoms with Crippen LogP contribution in [0.3, 0.4) is 0 Å². The first-order valence-corrected chi connectivity index (χ1v) is 11.1. The highest BCUT2D eigenvalue weighted by molar-refractivity contribution is 5.98. The molecule has 0 aromatic heterocycles. The van der Waals surface area contributed by atoms with Gasteiger partial charge in [0.25, 0.3) is 0 Å². The van der Waals surface area contributed by atoms with Crippen LogP contribution in [0.4, 0.5) is 5.69 Å². The predicted molar refractivity (Wildman–Crippen MR) is 115 cm³/mol. The third kappa shape index (κ3) is 4.67. The number of piperidine rings is 1. The van der Waals surface area contributed by atoms with E-state index in [1.807, 2.05) is 30.3 Å². The number of morpholine rings is 1. The number of hydrogen-bond donors (Lipinski definition) is 2. The summed E-state index contributed by atoms with van der Waals surface area (Å²) in [6.07, 6.45) is 1.01. The molecule has 8 heteroatoms. The molecule has 2 amide bonds. The van der Waals surface area contributed by atoms with Gasteiger partial charge >= 0.3 is 0 Å². The van der Waals surface area contributed by atoms with Crippen molar-refractivity contribution >= 4 is 17.5 Å². The van der Waals surface area contributed by atoms with Gasteiger partial charge in [-0.2, -0.15) is 0 Å². The minimum absolute atomic E-state index is 0.0364. The summed E-state index contributed by atoms with van der Waals surface area (Å²) in [7, 11) is 0. The van der Waals surface area contributed by atoms with E-state index in [9.17, 15) is 9.59 Å². The molecule has 8 nitrogen and oxygen atoms in total. The Morgan fingerprint density at radius 3 is 2.63 bits per heavy atom. The third-order valence-corrected chi connectivity index (χ3v) is 6.31. The highest BCUT2D eigenvalue weighted by atomic mass is 16.5. The zero-order valence-electron chi connectivity index (χ0n) is 17.8. The first-order valence-electron chi connectivity index (χ1n) is 11.1. The number of nitrogens with one attached hydrogen (secondary N) is 2. The van der Waals surface area contributed by atoms with E-state index >= 15 is 0 Å². The minimum atomic E-state index is -0.252. The van der Waals surface area contributed by atoms with E-state index in [-0.39, 0.29) is 29.7 Å². The summed E-state index contributed by atoms with van der Waals surface area (Å²) in [4.78, 5) is 30.9. The SMILES string of the molecule is CCCN1CC(C(=O)NCCN2CCOCC2)C2NN(c3ccccc3)C(=O)C2C1. The maximum absolute atomic E-state index is 13.2. The van der Waals surface area contributed by atoms with Crippen molar-refractivity contribution in [2.45, 2.75) is 19.4 Å². The van der Waals surface area contributed by atoms with Gasteiger partial charge in [-0.25, -0.2) is 10.4 Å². The molecule has 1 aromatic carbocycles. The van der Waals surface area contributed by atoms with Crippen molar-refractivity contribution in [3.63, 3.8) is 0 Å². The maximum Gasteiger partial charge on any atom is 0.247 e. The fourth-order valence-electron chi connectivity index (χ4n) is 4.75. The summed E-state index contributed by atoms with van der Waals surface area (Å²) in [6.45, 7) is 9.21. The lowest BCUT2D eigenvalue weighted by atomic mass is 9.84. The molecule has 1 aromatic rings. The Bertz CT molecular complexity index is 725. The molecule has 2 N–H and O–H groups in total. The van der Waals surface area contributed by atoms with Crippen LogP contribution in [0.2, 0.25) is 0 Å². The molecule has 164 valence electrons. The van der Waals surface area contributed by atoms with Crippen molar-refractivity contribution in [2.24, 2.45) is 11.8 Å². The minimum Gasteiger partial charge on any atom is -0.379 e. The van der Waals surface area contributed by atoms with Crippen LogP contribution in [0.25, 0.3) is 0 Å². The number of fused-ring (bicyclic) bond motifs is 1. The number of hydrazine groups is 1. The zero-order chi connectivity index (χ0) is 20.9. The Balaban J connectivity index is 1.42. The molecule has 4 rings (SSSR count). The number of benzene rings is 1. The van der Waals surface area contributed by atoms with E-state index in [0.29, 0.717) is 19.6 Å². The largest absolute Gasteiger partial charge is 0.379 e. The number of nitrogens with zero attached hydrogens (tertiary/aromatic N) is 3. The van der Waals surface area contributed by atoms with E-state index in [2.05, 4.69) is 27.5 Å². The maximum atomic E-state index is 13.2. The lowest BCUT2D eigenvalue weighted by Crippen LogP contribution is -2.57. The normalized spacial score (nSPS) is 27.8. The van der Waals surface area contributed by atoms with Crippen LogP contribution in [0, 0.1) is 11.8 Å². The van der Waals surface area contributed by atoms with E-state index in [4.69, 9.17) is 4.74 Å². The Kier molecular flexibility index (Phi) is 6.99. The highest BCUT2D eigenvalue weighted by Crippen LogP contribution is 2.31. The van der Waals surface area contributed by atoms with Crippen molar-refractivity contribution < 1.29 is 14.3 Å². The van der Waals surface area contributed by atoms with Crippen LogP contribution in [0.5, 0.6) is 0 Å². The van der Waals surface area contributed by atoms with Gasteiger partial charge in [0.05, 0.1) is 36.8 Å². The molecule has 3 aliphatic heterocycles. The second-order valence-electron chi connectivity index (χ2n) is 8.38. The van der Waals surface area contributed by atoms with Gasteiger partial charge in [-0.1, -0.05) is 25.1 Å². The number of rotatable bonds is 7. The summed E-state index contributed by atoms with van der Waals surface area (Å²) in [6, 6.07) is 9.45. The Labute approximate surface area is 178 Å². The summed E-state index contributed by atoms with van der Waals surface area (Å²) in [5.41, 5.74) is 4.19. The summed E-state index contributed by atoms with van der Waals surface area (Å²) >= 11 is 0. The second kappa shape index (κ2) is 9.87. The predicted octanol–water partition coefficient (Wildman–Crippen LogP) is 0.313. The fourth-order valence-corrected chi connectivity index (χ4v) is 4.75. The molecule has 0 radical (unpaired) electrons. The topological polar surface area (TPSA) is 77.2 Å². The van der Waals surface area contributed by atoms with E-state index < -0.39 is 0 Å². The first-order chi connectivity index (χ1) is 14.7. The molecule has 0 spiro atoms. The van der Waals surface area contributed by atoms with Gasteiger partial charge in [0.2, 0.25) is 11.8 Å². The number of carbonyl (C=O) groups excluding carboxylic acids is 2. The Morgan fingerprint density at radius 1 is 1.13 bits per heavy atom. The molecular weight excluding hydrogens is 382 g/mol. The van der Waals surface area contributed by atoms with Gasteiger partial charge in [0, 0.05) is 39.3 Å². The smallest absolute Gasteiger partial charge is 0.247 e. The first kappa shape index (κ1) is 21.2. The molecule has 3 fully saturated rings. The quantitative estimate of drug-likeness (QED) is 0.668. The average molecular weight is 416 g/mol. The van der Waals surface area contributed by atoms with Crippen LogP contribution in [-0.4, -0.2) is 86.7 Å². The van der Waals surface area contributed by atoms with Crippen LogP contribution in [0.1, 0.15) is 13.3 Å². The number of amides is 2. The number of anilines is 1. The van der Waals surface area contributed by atoms with Gasteiger partial charge in [-0.15, -0.1) is 0 Å². The number of para-hydroxylation sites is 1. The third-order valence-electron chi connectivity index (χ3n) is 6.31. The van der Waals surface area contributed by atoms with Gasteiger partial charge < -0.3 is 15.0 Å². The van der Waals surface area contributed by atoms with Crippen LogP contribution < -0.4 is 15.8 Å². The highest BCUT2D eigenvalue weighted by Gasteiger charge is 2.50. The number of hydrogen-bond acceptors (Lipinski definition) is 6. The fraction of sp³-hybridized carbons (Fsp3) is 0.636. The average Bonchev–Trinajstić information content (AvgIpc) is 3.11. The van der Waals surface area contributed by atoms with Crippen LogP contribution in [-0.2, 0) is 14.3 Å². The Morgan fingerprint density at radius 2 is 1.90 bits per heavy atom. The molecular formula is C22H33N5O3. The van der Waals surface area contributed by atoms with Gasteiger partial charge in [0.15, 0.2) is 0 Å². The summed E-state index contributed by atoms with van der Waals surface area (Å²) in [5, 5.41) is 4.76. The monoisotopic (exact) mass is 415 g/mol. The van der Waals surface area contributed by atoms with E-state index in [0.717, 1.165) is 51.5 Å². The summed E-state index contributed by atoms with van der Waals surface area (Å²) in [5.74, 6) is -0.370. The lowest BCUT2D eigenvalue weighted by Gasteiger charge is -2.38. The number of carbonyl (C=O) groups is 2. The van der Waals surface area contributed by atoms with Crippen LogP contribution >= 0.6 is 0 Å². The van der Waals surface area contributed by atoms with E-state index in [1.54, 1.807) is 5.01 Å². The molecule has 0 aliphatic carbocycles. The molecule has 0 bridgehead atoms. The van der Waals surface area contributed by atoms with Crippen molar-refractivity contribution in [1.82, 2.24) is 20.5 Å². The number of likely N-dealkylation sites (tertiary alicyclic amines) is 1. The van der Waals surface area contributed by atoms with Gasteiger partial charge in [-0.3, -0.25) is 14.5 Å². The standard InChI is InChI=1S/C22H33N5O3/c1-2-9-26-15-18(21(28)23-8-10-25-11-13-30-14-12-25)20-19(16-26)22(29)27(24-20)17-6-4-3-5-7-17/h3-7,18-20,24H,2,8-16H2,1H3,(H,23,28). The van der Waals surface area contributed by atoms with Gasteiger partial charge in [-0.05, 0) is 25.1 Å². The van der Waals surface area contributed by atoms with E-state index in [1.165, 1.54) is 0 Å². The molecule has 0 saturated carbocycles. The molecule has 3 saturated heterocycles. The lowest BCUT2D eigenvalue weighted by molar-refractivity contribution is -0.129. The zero-order valence-corrected chi connectivity index (χ0v) is 17.8. The van der Waals surface area contributed by atoms with Crippen molar-refractivity contribution in [2.75, 3.05) is 64.0 Å². The Hall–Kier alpha value is -2.00. The molecule has 30 heavy (non-hydrogen) atoms.